The summed E-state index contributed by atoms with van der Waals surface area (Å²) >= 11 is 0. The molecule has 2 heteroatoms. The van der Waals surface area contributed by atoms with E-state index in [1.807, 2.05) is 0 Å². The van der Waals surface area contributed by atoms with E-state index in [2.05, 4.69) is 61.5 Å². The highest BCUT2D eigenvalue weighted by molar-refractivity contribution is 5.78. The lowest BCUT2D eigenvalue weighted by atomic mass is 10.0. The van der Waals surface area contributed by atoms with Crippen molar-refractivity contribution in [3.63, 3.8) is 0 Å². The molecular weight excluding hydrogens is 172 g/mol. The van der Waals surface area contributed by atoms with Crippen molar-refractivity contribution < 1.29 is 0 Å². The molecule has 0 radical (unpaired) electrons. The maximum absolute atomic E-state index is 2.36. The van der Waals surface area contributed by atoms with Crippen LogP contribution < -0.4 is 0 Å². The molecule has 0 unspecified atom stereocenters. The molecule has 0 amide bonds. The third-order valence-electron chi connectivity index (χ3n) is 3.22. The molecule has 0 saturated heterocycles. The summed E-state index contributed by atoms with van der Waals surface area (Å²) < 4.78 is 4.55. The first-order chi connectivity index (χ1) is 6.56. The van der Waals surface area contributed by atoms with Crippen LogP contribution in [0, 0.1) is 0 Å². The minimum absolute atomic E-state index is 0.202. The fraction of sp³-hybridized carbons (Fsp3) is 0.500. The lowest BCUT2D eigenvalue weighted by Gasteiger charge is -2.26. The van der Waals surface area contributed by atoms with Gasteiger partial charge in [-0.15, -0.1) is 0 Å². The third kappa shape index (κ3) is 1.17. The fourth-order valence-corrected chi connectivity index (χ4v) is 1.86. The zero-order valence-electron chi connectivity index (χ0n) is 9.41. The number of rotatable bonds is 2. The Hall–Kier alpha value is -1.18. The van der Waals surface area contributed by atoms with Crippen molar-refractivity contribution in [2.24, 2.45) is 7.05 Å². The van der Waals surface area contributed by atoms with Crippen LogP contribution in [-0.4, -0.2) is 9.13 Å². The second-order valence-electron chi connectivity index (χ2n) is 4.56. The Morgan fingerprint density at radius 3 is 2.50 bits per heavy atom. The predicted molar refractivity (Wildman–Crippen MR) is 60.5 cm³/mol. The largest absolute Gasteiger partial charge is 0.337 e. The molecule has 2 nitrogen and oxygen atoms in total. The van der Waals surface area contributed by atoms with Crippen LogP contribution in [0.5, 0.6) is 0 Å². The normalized spacial score (nSPS) is 12.6. The molecule has 0 atom stereocenters. The standard InChI is InChI=1S/C12H18N2/c1-5-12(2,3)14-9-7-10-6-8-13(4)11(10)14/h6-9H,5H2,1-4H3. The van der Waals surface area contributed by atoms with Gasteiger partial charge in [-0.1, -0.05) is 6.92 Å². The average Bonchev–Trinajstić information content (AvgIpc) is 2.69. The maximum Gasteiger partial charge on any atom is 0.120 e. The number of hydrogen-bond donors (Lipinski definition) is 0. The number of nitrogens with zero attached hydrogens (tertiary/aromatic N) is 2. The van der Waals surface area contributed by atoms with Gasteiger partial charge in [0.25, 0.3) is 0 Å². The van der Waals surface area contributed by atoms with Crippen LogP contribution in [0.4, 0.5) is 0 Å². The minimum Gasteiger partial charge on any atom is -0.337 e. The molecule has 0 aliphatic rings. The van der Waals surface area contributed by atoms with Gasteiger partial charge in [0.2, 0.25) is 0 Å². The van der Waals surface area contributed by atoms with Crippen molar-refractivity contribution >= 4 is 11.0 Å². The van der Waals surface area contributed by atoms with Crippen molar-refractivity contribution in [1.29, 1.82) is 0 Å². The second-order valence-corrected chi connectivity index (χ2v) is 4.56. The van der Waals surface area contributed by atoms with Crippen LogP contribution in [0.25, 0.3) is 11.0 Å². The SMILES string of the molecule is CCC(C)(C)n1ccc2ccn(C)c21. The first-order valence-corrected chi connectivity index (χ1v) is 5.19. The van der Waals surface area contributed by atoms with Gasteiger partial charge in [0.15, 0.2) is 0 Å². The summed E-state index contributed by atoms with van der Waals surface area (Å²) in [6.07, 6.45) is 5.45. The van der Waals surface area contributed by atoms with Crippen LogP contribution in [0.15, 0.2) is 24.5 Å². The molecule has 0 aliphatic carbocycles. The lowest BCUT2D eigenvalue weighted by molar-refractivity contribution is 0.350. The maximum atomic E-state index is 2.36. The van der Waals surface area contributed by atoms with Gasteiger partial charge in [-0.25, -0.2) is 0 Å². The Labute approximate surface area is 85.1 Å². The fourth-order valence-electron chi connectivity index (χ4n) is 1.86. The van der Waals surface area contributed by atoms with Crippen LogP contribution in [-0.2, 0) is 12.6 Å². The number of fused-ring (bicyclic) bond motifs is 1. The molecule has 0 fully saturated rings. The Bertz CT molecular complexity index is 446. The van der Waals surface area contributed by atoms with Crippen LogP contribution >= 0.6 is 0 Å². The topological polar surface area (TPSA) is 9.86 Å². The van der Waals surface area contributed by atoms with Crippen LogP contribution in [0.3, 0.4) is 0 Å². The van der Waals surface area contributed by atoms with Gasteiger partial charge in [-0.05, 0) is 32.4 Å². The zero-order chi connectivity index (χ0) is 10.3. The Morgan fingerprint density at radius 2 is 1.86 bits per heavy atom. The van der Waals surface area contributed by atoms with Gasteiger partial charge in [0.05, 0.1) is 0 Å². The van der Waals surface area contributed by atoms with Gasteiger partial charge < -0.3 is 9.13 Å². The molecule has 2 aromatic rings. The van der Waals surface area contributed by atoms with E-state index in [0.29, 0.717) is 0 Å². The number of hydrogen-bond acceptors (Lipinski definition) is 0. The third-order valence-corrected chi connectivity index (χ3v) is 3.22. The smallest absolute Gasteiger partial charge is 0.120 e. The van der Waals surface area contributed by atoms with Gasteiger partial charge in [0.1, 0.15) is 5.65 Å². The molecule has 0 bridgehead atoms. The first kappa shape index (κ1) is 9.38. The van der Waals surface area contributed by atoms with E-state index in [1.165, 1.54) is 11.0 Å². The predicted octanol–water partition coefficient (Wildman–Crippen LogP) is 3.12. The highest BCUT2D eigenvalue weighted by Crippen LogP contribution is 2.26. The average molecular weight is 190 g/mol. The van der Waals surface area contributed by atoms with Crippen molar-refractivity contribution in [2.75, 3.05) is 0 Å². The van der Waals surface area contributed by atoms with E-state index >= 15 is 0 Å². The Kier molecular flexibility index (Phi) is 1.95. The quantitative estimate of drug-likeness (QED) is 0.688. The van der Waals surface area contributed by atoms with Gasteiger partial charge in [0, 0.05) is 30.4 Å². The number of aryl methyl sites for hydroxylation is 1. The summed E-state index contributed by atoms with van der Waals surface area (Å²) in [4.78, 5) is 0. The van der Waals surface area contributed by atoms with Crippen LogP contribution in [0.1, 0.15) is 27.2 Å². The first-order valence-electron chi connectivity index (χ1n) is 5.19. The van der Waals surface area contributed by atoms with Crippen molar-refractivity contribution in [3.05, 3.63) is 24.5 Å². The summed E-state index contributed by atoms with van der Waals surface area (Å²) in [6, 6.07) is 4.35. The van der Waals surface area contributed by atoms with E-state index in [0.717, 1.165) is 6.42 Å². The van der Waals surface area contributed by atoms with E-state index < -0.39 is 0 Å². The summed E-state index contributed by atoms with van der Waals surface area (Å²) in [6.45, 7) is 6.79. The van der Waals surface area contributed by atoms with Crippen molar-refractivity contribution in [1.82, 2.24) is 9.13 Å². The second kappa shape index (κ2) is 2.91. The summed E-state index contributed by atoms with van der Waals surface area (Å²) in [7, 11) is 2.10. The molecule has 0 saturated carbocycles. The van der Waals surface area contributed by atoms with E-state index in [4.69, 9.17) is 0 Å². The molecule has 0 aliphatic heterocycles. The molecule has 0 aromatic carbocycles. The molecule has 2 heterocycles. The molecule has 2 aromatic heterocycles. The minimum atomic E-state index is 0.202. The van der Waals surface area contributed by atoms with Gasteiger partial charge >= 0.3 is 0 Å². The summed E-state index contributed by atoms with van der Waals surface area (Å²) in [5.41, 5.74) is 1.52. The highest BCUT2D eigenvalue weighted by Gasteiger charge is 2.20. The van der Waals surface area contributed by atoms with Gasteiger partial charge in [-0.2, -0.15) is 0 Å². The van der Waals surface area contributed by atoms with Crippen LogP contribution in [0.2, 0.25) is 0 Å². The van der Waals surface area contributed by atoms with E-state index in [1.54, 1.807) is 0 Å². The molecule has 2 rings (SSSR count). The summed E-state index contributed by atoms with van der Waals surface area (Å²) in [5.74, 6) is 0. The Balaban J connectivity index is 2.68. The van der Waals surface area contributed by atoms with Crippen molar-refractivity contribution in [3.8, 4) is 0 Å². The van der Waals surface area contributed by atoms with E-state index in [9.17, 15) is 0 Å². The highest BCUT2D eigenvalue weighted by atomic mass is 15.1. The Morgan fingerprint density at radius 1 is 1.21 bits per heavy atom. The molecule has 76 valence electrons. The summed E-state index contributed by atoms with van der Waals surface area (Å²) in [5, 5.41) is 1.33. The molecular formula is C12H18N2. The zero-order valence-corrected chi connectivity index (χ0v) is 9.41. The molecule has 0 N–H and O–H groups in total. The van der Waals surface area contributed by atoms with E-state index in [-0.39, 0.29) is 5.54 Å². The monoisotopic (exact) mass is 190 g/mol. The molecule has 0 spiro atoms. The number of aromatic nitrogens is 2. The van der Waals surface area contributed by atoms with Gasteiger partial charge in [-0.3, -0.25) is 0 Å². The molecule has 14 heavy (non-hydrogen) atoms. The lowest BCUT2D eigenvalue weighted by Crippen LogP contribution is -2.24. The van der Waals surface area contributed by atoms with Crippen molar-refractivity contribution in [2.45, 2.75) is 32.7 Å².